The van der Waals surface area contributed by atoms with Crippen LogP contribution in [0.1, 0.15) is 126 Å². The van der Waals surface area contributed by atoms with Crippen LogP contribution in [0, 0.1) is 35.5 Å². The van der Waals surface area contributed by atoms with Gasteiger partial charge < -0.3 is 48.6 Å². The van der Waals surface area contributed by atoms with Crippen molar-refractivity contribution in [1.82, 2.24) is 4.90 Å². The summed E-state index contributed by atoms with van der Waals surface area (Å²) in [5.41, 5.74) is 1.26. The molecule has 15 atom stereocenters. The number of ether oxygens (including phenoxy) is 6. The second-order valence-electron chi connectivity index (χ2n) is 20.2. The van der Waals surface area contributed by atoms with Crippen LogP contribution in [0.25, 0.3) is 0 Å². The zero-order chi connectivity index (χ0) is 50.3. The first-order valence-electron chi connectivity index (χ1n) is 25.0. The highest BCUT2D eigenvalue weighted by Gasteiger charge is 2.53. The quantitative estimate of drug-likeness (QED) is 0.134. The molecule has 3 fully saturated rings. The lowest BCUT2D eigenvalue weighted by atomic mass is 9.78. The molecule has 0 aromatic rings. The summed E-state index contributed by atoms with van der Waals surface area (Å²) in [4.78, 5) is 72.1. The van der Waals surface area contributed by atoms with E-state index in [1.54, 1.807) is 41.1 Å². The molecule has 2 saturated heterocycles. The van der Waals surface area contributed by atoms with Crippen LogP contribution < -0.4 is 0 Å². The largest absolute Gasteiger partial charge is 0.460 e. The number of carbonyl (C=O) groups is 5. The predicted octanol–water partition coefficient (Wildman–Crippen LogP) is 6.20. The van der Waals surface area contributed by atoms with Crippen LogP contribution in [0.15, 0.2) is 47.6 Å². The molecule has 3 aliphatic heterocycles. The summed E-state index contributed by atoms with van der Waals surface area (Å²) < 4.78 is 35.6. The Morgan fingerprint density at radius 2 is 1.59 bits per heavy atom. The molecular formula is C53H83NO14. The molecule has 0 aromatic heterocycles. The summed E-state index contributed by atoms with van der Waals surface area (Å²) in [6.45, 7) is 12.9. The second kappa shape index (κ2) is 27.3. The number of esters is 1. The van der Waals surface area contributed by atoms with Crippen molar-refractivity contribution in [2.75, 3.05) is 41.1 Å². The van der Waals surface area contributed by atoms with E-state index in [-0.39, 0.29) is 74.1 Å². The monoisotopic (exact) mass is 958 g/mol. The summed E-state index contributed by atoms with van der Waals surface area (Å²) in [5.74, 6) is -7.96. The van der Waals surface area contributed by atoms with Gasteiger partial charge in [0.15, 0.2) is 5.78 Å². The van der Waals surface area contributed by atoms with Crippen molar-refractivity contribution < 1.29 is 67.7 Å². The average molecular weight is 958 g/mol. The van der Waals surface area contributed by atoms with Crippen LogP contribution in [0.5, 0.6) is 0 Å². The zero-order valence-corrected chi connectivity index (χ0v) is 42.4. The highest BCUT2D eigenvalue weighted by atomic mass is 16.6. The molecule has 4 rings (SSSR count). The number of nitrogens with zero attached hydrogens (tertiary/aromatic N) is 1. The van der Waals surface area contributed by atoms with Crippen molar-refractivity contribution in [2.45, 2.75) is 180 Å². The lowest BCUT2D eigenvalue weighted by Crippen LogP contribution is -2.61. The number of amides is 1. The number of piperidine rings is 1. The van der Waals surface area contributed by atoms with Crippen molar-refractivity contribution in [3.8, 4) is 0 Å². The maximum absolute atomic E-state index is 14.5. The number of rotatable bonds is 9. The molecule has 0 radical (unpaired) electrons. The summed E-state index contributed by atoms with van der Waals surface area (Å²) in [6.07, 6.45) is 12.0. The van der Waals surface area contributed by atoms with Gasteiger partial charge >= 0.3 is 5.97 Å². The summed E-state index contributed by atoms with van der Waals surface area (Å²) in [7, 11) is 4.58. The number of allylic oxidation sites excluding steroid dienone is 6. The Morgan fingerprint density at radius 3 is 2.26 bits per heavy atom. The van der Waals surface area contributed by atoms with Crippen LogP contribution in [0.4, 0.5) is 0 Å². The zero-order valence-electron chi connectivity index (χ0n) is 42.4. The molecule has 1 saturated carbocycles. The second-order valence-corrected chi connectivity index (χ2v) is 20.2. The van der Waals surface area contributed by atoms with E-state index in [1.165, 1.54) is 12.0 Å². The Bertz CT molecular complexity index is 1810. The molecule has 3 heterocycles. The summed E-state index contributed by atoms with van der Waals surface area (Å²) >= 11 is 0. The minimum atomic E-state index is -2.43. The Kier molecular flexibility index (Phi) is 22.9. The number of ketones is 3. The number of methoxy groups -OCH3 is 3. The molecule has 4 aliphatic rings. The Hall–Kier alpha value is -3.41. The molecular weight excluding hydrogens is 875 g/mol. The standard InChI is InChI=1S/C53H83NO14/c1-32-16-12-11-13-17-33(2)44(63-8)30-40-21-19-38(7)53(62,68-40)50(59)51(60)54-23-15-14-18-41(54)52(61)67-45(35(4)28-39-20-22-43(66-25-24-55)46(29-39)64-9)31-42(56)34(3)27-37(6)48(58)49(65-10)47(57)36(5)26-32/h11-13,16-17,27,32,34-36,38-41,43-46,48-49,55,58,62H,14-15,18-26,28-31H2,1-10H3/b13-11?,16-12-,33-17?,37-27-/t32-,34-,35+,36-,38-,39+,40+,41+,43-,44+,45+,46-,48-,49+,53-/m1/s1. The van der Waals surface area contributed by atoms with Gasteiger partial charge in [0.25, 0.3) is 11.7 Å². The Labute approximate surface area is 405 Å². The number of aliphatic hydroxyl groups is 3. The van der Waals surface area contributed by atoms with Gasteiger partial charge in [0.1, 0.15) is 30.1 Å². The summed E-state index contributed by atoms with van der Waals surface area (Å²) in [5, 5.41) is 32.8. The van der Waals surface area contributed by atoms with E-state index >= 15 is 0 Å². The molecule has 3 N–H and O–H groups in total. The van der Waals surface area contributed by atoms with E-state index in [9.17, 15) is 39.3 Å². The number of Topliss-reactive ketones (excluding diaryl/α,β-unsaturated/α-hetero) is 3. The van der Waals surface area contributed by atoms with Gasteiger partial charge in [-0.3, -0.25) is 19.2 Å². The fourth-order valence-electron chi connectivity index (χ4n) is 10.5. The molecule has 1 amide bonds. The van der Waals surface area contributed by atoms with Gasteiger partial charge in [-0.05, 0) is 107 Å². The average Bonchev–Trinajstić information content (AvgIpc) is 3.32. The molecule has 15 heteroatoms. The lowest BCUT2D eigenvalue weighted by molar-refractivity contribution is -0.265. The highest BCUT2D eigenvalue weighted by molar-refractivity contribution is 6.39. The molecule has 1 aliphatic carbocycles. The van der Waals surface area contributed by atoms with E-state index in [2.05, 4.69) is 0 Å². The molecule has 15 nitrogen and oxygen atoms in total. The first-order valence-corrected chi connectivity index (χ1v) is 25.0. The van der Waals surface area contributed by atoms with Crippen molar-refractivity contribution in [3.63, 3.8) is 0 Å². The lowest BCUT2D eigenvalue weighted by Gasteiger charge is -2.42. The topological polar surface area (TPSA) is 205 Å². The van der Waals surface area contributed by atoms with E-state index < -0.39 is 77.8 Å². The number of hydrogen-bond acceptors (Lipinski definition) is 14. The van der Waals surface area contributed by atoms with E-state index in [4.69, 9.17) is 28.4 Å². The molecule has 384 valence electrons. The molecule has 68 heavy (non-hydrogen) atoms. The predicted molar refractivity (Wildman–Crippen MR) is 256 cm³/mol. The number of cyclic esters (lactones) is 1. The van der Waals surface area contributed by atoms with E-state index in [0.717, 1.165) is 12.0 Å². The minimum absolute atomic E-state index is 0.0158. The first kappa shape index (κ1) is 57.2. The SMILES string of the molecule is CO[C@H]1C[C@@H]2CC[C@@H](C)[C@@](O)(O2)C(=O)C(=O)N2CCCC[C@H]2C(=O)O[C@H]([C@@H](C)C[C@@H]2CC[C@@H](OCCO)[C@H](OC)C2)CC(=O)[C@H](C)/C=C(/C)[C@@H](O)[C@@H](OC)C(=O)[C@H](C)C[C@H](C)/C=C\C=CC=C1C. The smallest absolute Gasteiger partial charge is 0.329 e. The number of aliphatic hydroxyl groups excluding tert-OH is 2. The van der Waals surface area contributed by atoms with Crippen LogP contribution in [-0.2, 0) is 52.4 Å². The molecule has 0 unspecified atom stereocenters. The van der Waals surface area contributed by atoms with Gasteiger partial charge in [0.2, 0.25) is 5.79 Å². The van der Waals surface area contributed by atoms with Crippen LogP contribution >= 0.6 is 0 Å². The maximum Gasteiger partial charge on any atom is 0.329 e. The number of carbonyl (C=O) groups excluding carboxylic acids is 5. The van der Waals surface area contributed by atoms with Crippen molar-refractivity contribution >= 4 is 29.2 Å². The fourth-order valence-corrected chi connectivity index (χ4v) is 10.5. The molecule has 0 spiro atoms. The number of hydrogen-bond donors (Lipinski definition) is 3. The summed E-state index contributed by atoms with van der Waals surface area (Å²) in [6, 6.07) is -1.14. The van der Waals surface area contributed by atoms with Crippen LogP contribution in [0.2, 0.25) is 0 Å². The van der Waals surface area contributed by atoms with Gasteiger partial charge in [-0.2, -0.15) is 0 Å². The van der Waals surface area contributed by atoms with Crippen LogP contribution in [-0.4, -0.2) is 145 Å². The van der Waals surface area contributed by atoms with Crippen molar-refractivity contribution in [3.05, 3.63) is 47.6 Å². The molecule has 0 aromatic carbocycles. The number of fused-ring (bicyclic) bond motifs is 3. The van der Waals surface area contributed by atoms with Crippen molar-refractivity contribution in [1.29, 1.82) is 0 Å². The van der Waals surface area contributed by atoms with Gasteiger partial charge in [-0.15, -0.1) is 0 Å². The third-order valence-electron chi connectivity index (χ3n) is 14.9. The van der Waals surface area contributed by atoms with Gasteiger partial charge in [-0.25, -0.2) is 4.79 Å². The van der Waals surface area contributed by atoms with E-state index in [0.29, 0.717) is 63.4 Å². The third-order valence-corrected chi connectivity index (χ3v) is 14.9. The van der Waals surface area contributed by atoms with Crippen LogP contribution in [0.3, 0.4) is 0 Å². The van der Waals surface area contributed by atoms with Gasteiger partial charge in [0, 0.05) is 58.5 Å². The van der Waals surface area contributed by atoms with Gasteiger partial charge in [-0.1, -0.05) is 71.1 Å². The Morgan fingerprint density at radius 1 is 0.853 bits per heavy atom. The van der Waals surface area contributed by atoms with Gasteiger partial charge in [0.05, 0.1) is 37.6 Å². The highest BCUT2D eigenvalue weighted by Crippen LogP contribution is 2.38. The van der Waals surface area contributed by atoms with Crippen molar-refractivity contribution in [2.24, 2.45) is 35.5 Å². The molecule has 2 bridgehead atoms. The van der Waals surface area contributed by atoms with E-state index in [1.807, 2.05) is 58.1 Å². The first-order chi connectivity index (χ1) is 32.3. The third kappa shape index (κ3) is 15.3. The fraction of sp³-hybridized carbons (Fsp3) is 0.755. The normalized spacial score (nSPS) is 37.9. The maximum atomic E-state index is 14.5. The Balaban J connectivity index is 1.70. The minimum Gasteiger partial charge on any atom is -0.460 e.